The SMILES string of the molecule is CCCC1(CNC(=O)CNc2ccccc2)CC1.Cl. The van der Waals surface area contributed by atoms with E-state index in [0.717, 1.165) is 12.2 Å². The summed E-state index contributed by atoms with van der Waals surface area (Å²) < 4.78 is 0. The van der Waals surface area contributed by atoms with Crippen LogP contribution in [-0.4, -0.2) is 19.0 Å². The Morgan fingerprint density at radius 1 is 1.26 bits per heavy atom. The van der Waals surface area contributed by atoms with Gasteiger partial charge in [0.2, 0.25) is 5.91 Å². The molecule has 0 saturated heterocycles. The fourth-order valence-corrected chi connectivity index (χ4v) is 2.31. The predicted molar refractivity (Wildman–Crippen MR) is 81.8 cm³/mol. The zero-order valence-corrected chi connectivity index (χ0v) is 12.3. The molecule has 2 rings (SSSR count). The van der Waals surface area contributed by atoms with Crippen molar-refractivity contribution in [2.75, 3.05) is 18.4 Å². The van der Waals surface area contributed by atoms with Gasteiger partial charge >= 0.3 is 0 Å². The second-order valence-electron chi connectivity index (χ2n) is 5.25. The van der Waals surface area contributed by atoms with Crippen LogP contribution in [0, 0.1) is 5.41 Å². The zero-order valence-electron chi connectivity index (χ0n) is 11.4. The highest BCUT2D eigenvalue weighted by molar-refractivity contribution is 5.85. The summed E-state index contributed by atoms with van der Waals surface area (Å²) in [6.07, 6.45) is 4.98. The van der Waals surface area contributed by atoms with Gasteiger partial charge < -0.3 is 10.6 Å². The summed E-state index contributed by atoms with van der Waals surface area (Å²) in [5, 5.41) is 6.16. The smallest absolute Gasteiger partial charge is 0.239 e. The third-order valence-corrected chi connectivity index (χ3v) is 3.62. The van der Waals surface area contributed by atoms with E-state index in [0.29, 0.717) is 12.0 Å². The standard InChI is InChI=1S/C15H22N2O.ClH/c1-2-8-15(9-10-15)12-17-14(18)11-16-13-6-4-3-5-7-13;/h3-7,16H,2,8-12H2,1H3,(H,17,18);1H. The molecule has 1 aromatic carbocycles. The molecule has 0 aliphatic heterocycles. The van der Waals surface area contributed by atoms with Crippen LogP contribution in [0.5, 0.6) is 0 Å². The fourth-order valence-electron chi connectivity index (χ4n) is 2.31. The van der Waals surface area contributed by atoms with Crippen LogP contribution >= 0.6 is 12.4 Å². The van der Waals surface area contributed by atoms with Crippen LogP contribution in [-0.2, 0) is 4.79 Å². The Labute approximate surface area is 121 Å². The monoisotopic (exact) mass is 282 g/mol. The first-order valence-corrected chi connectivity index (χ1v) is 6.80. The van der Waals surface area contributed by atoms with Crippen molar-refractivity contribution in [3.8, 4) is 0 Å². The van der Waals surface area contributed by atoms with Gasteiger partial charge in [0.05, 0.1) is 6.54 Å². The number of nitrogens with one attached hydrogen (secondary N) is 2. The zero-order chi connectivity index (χ0) is 12.8. The van der Waals surface area contributed by atoms with E-state index in [9.17, 15) is 4.79 Å². The summed E-state index contributed by atoms with van der Waals surface area (Å²) >= 11 is 0. The summed E-state index contributed by atoms with van der Waals surface area (Å²) in [4.78, 5) is 11.7. The molecule has 0 atom stereocenters. The largest absolute Gasteiger partial charge is 0.376 e. The van der Waals surface area contributed by atoms with E-state index in [4.69, 9.17) is 0 Å². The first kappa shape index (κ1) is 15.8. The number of hydrogen-bond donors (Lipinski definition) is 2. The van der Waals surface area contributed by atoms with Gasteiger partial charge in [-0.25, -0.2) is 0 Å². The van der Waals surface area contributed by atoms with Crippen molar-refractivity contribution in [3.63, 3.8) is 0 Å². The summed E-state index contributed by atoms with van der Waals surface area (Å²) in [6.45, 7) is 3.40. The summed E-state index contributed by atoms with van der Waals surface area (Å²) in [5.74, 6) is 0.0845. The molecule has 1 aromatic rings. The molecule has 0 bridgehead atoms. The van der Waals surface area contributed by atoms with Gasteiger partial charge in [-0.15, -0.1) is 12.4 Å². The van der Waals surface area contributed by atoms with Crippen molar-refractivity contribution in [2.45, 2.75) is 32.6 Å². The van der Waals surface area contributed by atoms with Crippen molar-refractivity contribution in [3.05, 3.63) is 30.3 Å². The normalized spacial score (nSPS) is 15.2. The molecular formula is C15H23ClN2O. The minimum absolute atomic E-state index is 0. The van der Waals surface area contributed by atoms with Crippen molar-refractivity contribution >= 4 is 24.0 Å². The van der Waals surface area contributed by atoms with E-state index in [1.54, 1.807) is 0 Å². The predicted octanol–water partition coefficient (Wildman–Crippen LogP) is 3.22. The van der Waals surface area contributed by atoms with Crippen molar-refractivity contribution in [2.24, 2.45) is 5.41 Å². The molecule has 1 amide bonds. The highest BCUT2D eigenvalue weighted by atomic mass is 35.5. The Morgan fingerprint density at radius 3 is 2.53 bits per heavy atom. The molecule has 106 valence electrons. The van der Waals surface area contributed by atoms with Gasteiger partial charge in [0.15, 0.2) is 0 Å². The third-order valence-electron chi connectivity index (χ3n) is 3.62. The van der Waals surface area contributed by atoms with E-state index < -0.39 is 0 Å². The van der Waals surface area contributed by atoms with Crippen LogP contribution in [0.2, 0.25) is 0 Å². The van der Waals surface area contributed by atoms with Gasteiger partial charge in [0, 0.05) is 12.2 Å². The molecular weight excluding hydrogens is 260 g/mol. The molecule has 2 N–H and O–H groups in total. The van der Waals surface area contributed by atoms with E-state index in [1.165, 1.54) is 25.7 Å². The number of hydrogen-bond acceptors (Lipinski definition) is 2. The molecule has 0 radical (unpaired) electrons. The Kier molecular flexibility index (Phi) is 6.16. The van der Waals surface area contributed by atoms with Crippen LogP contribution in [0.3, 0.4) is 0 Å². The maximum atomic E-state index is 11.7. The molecule has 1 aliphatic rings. The number of carbonyl (C=O) groups is 1. The topological polar surface area (TPSA) is 41.1 Å². The van der Waals surface area contributed by atoms with Gasteiger partial charge in [-0.2, -0.15) is 0 Å². The molecule has 1 aliphatic carbocycles. The number of rotatable bonds is 7. The summed E-state index contributed by atoms with van der Waals surface area (Å²) in [5.41, 5.74) is 1.42. The molecule has 0 spiro atoms. The van der Waals surface area contributed by atoms with Crippen LogP contribution in [0.25, 0.3) is 0 Å². The Morgan fingerprint density at radius 2 is 1.95 bits per heavy atom. The van der Waals surface area contributed by atoms with E-state index >= 15 is 0 Å². The number of halogens is 1. The van der Waals surface area contributed by atoms with E-state index in [-0.39, 0.29) is 18.3 Å². The number of anilines is 1. The minimum Gasteiger partial charge on any atom is -0.376 e. The lowest BCUT2D eigenvalue weighted by atomic mass is 10.0. The van der Waals surface area contributed by atoms with Gasteiger partial charge in [-0.1, -0.05) is 31.5 Å². The van der Waals surface area contributed by atoms with Gasteiger partial charge in [-0.05, 0) is 36.8 Å². The highest BCUT2D eigenvalue weighted by Gasteiger charge is 2.41. The average Bonchev–Trinajstić information content (AvgIpc) is 3.16. The van der Waals surface area contributed by atoms with E-state index in [1.807, 2.05) is 30.3 Å². The van der Waals surface area contributed by atoms with Crippen LogP contribution in [0.4, 0.5) is 5.69 Å². The first-order chi connectivity index (χ1) is 8.74. The summed E-state index contributed by atoms with van der Waals surface area (Å²) in [6, 6.07) is 9.81. The van der Waals surface area contributed by atoms with Crippen molar-refractivity contribution < 1.29 is 4.79 Å². The molecule has 1 fully saturated rings. The van der Waals surface area contributed by atoms with Gasteiger partial charge in [-0.3, -0.25) is 4.79 Å². The third kappa shape index (κ3) is 5.11. The second kappa shape index (κ2) is 7.39. The average molecular weight is 283 g/mol. The van der Waals surface area contributed by atoms with Gasteiger partial charge in [0.1, 0.15) is 0 Å². The molecule has 1 saturated carbocycles. The van der Waals surface area contributed by atoms with Crippen LogP contribution in [0.15, 0.2) is 30.3 Å². The molecule has 0 heterocycles. The highest BCUT2D eigenvalue weighted by Crippen LogP contribution is 2.48. The summed E-state index contributed by atoms with van der Waals surface area (Å²) in [7, 11) is 0. The quantitative estimate of drug-likeness (QED) is 0.806. The molecule has 0 aromatic heterocycles. The number of carbonyl (C=O) groups excluding carboxylic acids is 1. The van der Waals surface area contributed by atoms with Crippen LogP contribution in [0.1, 0.15) is 32.6 Å². The maximum Gasteiger partial charge on any atom is 0.239 e. The minimum atomic E-state index is 0. The Bertz CT molecular complexity index is 390. The van der Waals surface area contributed by atoms with Crippen molar-refractivity contribution in [1.29, 1.82) is 0 Å². The Hall–Kier alpha value is -1.22. The number of benzene rings is 1. The molecule has 19 heavy (non-hydrogen) atoms. The second-order valence-corrected chi connectivity index (χ2v) is 5.25. The lowest BCUT2D eigenvalue weighted by Gasteiger charge is -2.15. The van der Waals surface area contributed by atoms with E-state index in [2.05, 4.69) is 17.6 Å². The van der Waals surface area contributed by atoms with Crippen molar-refractivity contribution in [1.82, 2.24) is 5.32 Å². The lowest BCUT2D eigenvalue weighted by Crippen LogP contribution is -2.34. The fraction of sp³-hybridized carbons (Fsp3) is 0.533. The van der Waals surface area contributed by atoms with Gasteiger partial charge in [0.25, 0.3) is 0 Å². The van der Waals surface area contributed by atoms with Crippen LogP contribution < -0.4 is 10.6 Å². The molecule has 3 nitrogen and oxygen atoms in total. The first-order valence-electron chi connectivity index (χ1n) is 6.80. The number of amides is 1. The maximum absolute atomic E-state index is 11.7. The molecule has 4 heteroatoms. The number of para-hydroxylation sites is 1. The Balaban J connectivity index is 0.00000180. The lowest BCUT2D eigenvalue weighted by molar-refractivity contribution is -0.119. The molecule has 0 unspecified atom stereocenters.